The molecule has 0 radical (unpaired) electrons. The third-order valence-electron chi connectivity index (χ3n) is 3.46. The van der Waals surface area contributed by atoms with Crippen LogP contribution in [0.5, 0.6) is 0 Å². The van der Waals surface area contributed by atoms with Gasteiger partial charge in [0.15, 0.2) is 0 Å². The molecule has 1 aromatic heterocycles. The number of rotatable bonds is 7. The maximum atomic E-state index is 8.85. The molecule has 0 amide bonds. The van der Waals surface area contributed by atoms with Crippen LogP contribution in [0, 0.1) is 17.2 Å². The highest BCUT2D eigenvalue weighted by molar-refractivity contribution is 5.25. The minimum absolute atomic E-state index is 0.506. The first-order valence-corrected chi connectivity index (χ1v) is 6.80. The Morgan fingerprint density at radius 1 is 1.33 bits per heavy atom. The Balaban J connectivity index is 2.64. The molecular weight excluding hydrogens is 222 g/mol. The third kappa shape index (κ3) is 4.46. The van der Waals surface area contributed by atoms with E-state index in [1.807, 2.05) is 12.1 Å². The summed E-state index contributed by atoms with van der Waals surface area (Å²) in [5, 5.41) is 8.85. The molecule has 0 aliphatic carbocycles. The number of nitriles is 1. The summed E-state index contributed by atoms with van der Waals surface area (Å²) in [6.07, 6.45) is 4.18. The molecule has 0 aliphatic heterocycles. The van der Waals surface area contributed by atoms with Crippen LogP contribution in [0.2, 0.25) is 0 Å². The summed E-state index contributed by atoms with van der Waals surface area (Å²) < 4.78 is 0. The van der Waals surface area contributed by atoms with Gasteiger partial charge in [0, 0.05) is 19.3 Å². The minimum Gasteiger partial charge on any atom is -0.299 e. The van der Waals surface area contributed by atoms with E-state index in [2.05, 4.69) is 36.7 Å². The standard InChI is InChI=1S/C15H23N3/c1-4-13(5-2)11-18(6-3)12-14-7-8-17-15(9-14)10-16/h7-9,13H,4-6,11-12H2,1-3H3. The monoisotopic (exact) mass is 245 g/mol. The van der Waals surface area contributed by atoms with Crippen LogP contribution in [0.25, 0.3) is 0 Å². The molecule has 98 valence electrons. The van der Waals surface area contributed by atoms with Crippen LogP contribution in [-0.4, -0.2) is 23.0 Å². The van der Waals surface area contributed by atoms with E-state index in [1.54, 1.807) is 6.20 Å². The number of nitrogens with zero attached hydrogens (tertiary/aromatic N) is 3. The van der Waals surface area contributed by atoms with Gasteiger partial charge in [-0.05, 0) is 30.2 Å². The average molecular weight is 245 g/mol. The van der Waals surface area contributed by atoms with E-state index in [9.17, 15) is 0 Å². The van der Waals surface area contributed by atoms with Gasteiger partial charge in [-0.3, -0.25) is 4.90 Å². The van der Waals surface area contributed by atoms with Gasteiger partial charge in [-0.1, -0.05) is 33.6 Å². The van der Waals surface area contributed by atoms with Crippen LogP contribution in [0.4, 0.5) is 0 Å². The first-order valence-electron chi connectivity index (χ1n) is 6.80. The molecule has 0 atom stereocenters. The molecule has 3 nitrogen and oxygen atoms in total. The molecule has 0 N–H and O–H groups in total. The van der Waals surface area contributed by atoms with Crippen molar-refractivity contribution < 1.29 is 0 Å². The number of hydrogen-bond donors (Lipinski definition) is 0. The molecule has 0 saturated carbocycles. The maximum absolute atomic E-state index is 8.85. The topological polar surface area (TPSA) is 39.9 Å². The summed E-state index contributed by atoms with van der Waals surface area (Å²) in [5.41, 5.74) is 1.68. The van der Waals surface area contributed by atoms with E-state index in [1.165, 1.54) is 18.4 Å². The lowest BCUT2D eigenvalue weighted by molar-refractivity contribution is 0.226. The summed E-state index contributed by atoms with van der Waals surface area (Å²) in [6.45, 7) is 9.78. The van der Waals surface area contributed by atoms with Crippen LogP contribution in [-0.2, 0) is 6.54 Å². The van der Waals surface area contributed by atoms with E-state index in [0.29, 0.717) is 5.69 Å². The normalized spacial score (nSPS) is 10.9. The summed E-state index contributed by atoms with van der Waals surface area (Å²) in [7, 11) is 0. The Labute approximate surface area is 110 Å². The highest BCUT2D eigenvalue weighted by atomic mass is 15.1. The zero-order valence-corrected chi connectivity index (χ0v) is 11.7. The van der Waals surface area contributed by atoms with Crippen molar-refractivity contribution in [1.82, 2.24) is 9.88 Å². The zero-order valence-electron chi connectivity index (χ0n) is 11.7. The molecular formula is C15H23N3. The van der Waals surface area contributed by atoms with Gasteiger partial charge in [-0.2, -0.15) is 5.26 Å². The van der Waals surface area contributed by atoms with Crippen LogP contribution in [0.3, 0.4) is 0 Å². The van der Waals surface area contributed by atoms with Gasteiger partial charge in [-0.25, -0.2) is 4.98 Å². The lowest BCUT2D eigenvalue weighted by Crippen LogP contribution is -2.28. The van der Waals surface area contributed by atoms with Crippen molar-refractivity contribution in [3.63, 3.8) is 0 Å². The lowest BCUT2D eigenvalue weighted by Gasteiger charge is -2.25. The first-order chi connectivity index (χ1) is 8.73. The van der Waals surface area contributed by atoms with Crippen molar-refractivity contribution in [3.8, 4) is 6.07 Å². The maximum Gasteiger partial charge on any atom is 0.140 e. The van der Waals surface area contributed by atoms with Gasteiger partial charge in [0.1, 0.15) is 11.8 Å². The molecule has 0 aromatic carbocycles. The Morgan fingerprint density at radius 3 is 2.61 bits per heavy atom. The summed E-state index contributed by atoms with van der Waals surface area (Å²) >= 11 is 0. The molecule has 0 spiro atoms. The quantitative estimate of drug-likeness (QED) is 0.740. The number of aromatic nitrogens is 1. The van der Waals surface area contributed by atoms with Crippen molar-refractivity contribution in [1.29, 1.82) is 5.26 Å². The molecule has 0 aliphatic rings. The molecule has 1 rings (SSSR count). The zero-order chi connectivity index (χ0) is 13.4. The van der Waals surface area contributed by atoms with Gasteiger partial charge >= 0.3 is 0 Å². The second-order valence-electron chi connectivity index (χ2n) is 4.67. The highest BCUT2D eigenvalue weighted by Gasteiger charge is 2.10. The highest BCUT2D eigenvalue weighted by Crippen LogP contribution is 2.12. The Morgan fingerprint density at radius 2 is 2.06 bits per heavy atom. The van der Waals surface area contributed by atoms with Crippen molar-refractivity contribution >= 4 is 0 Å². The van der Waals surface area contributed by atoms with Crippen molar-refractivity contribution in [2.75, 3.05) is 13.1 Å². The Bertz CT molecular complexity index is 391. The SMILES string of the molecule is CCC(CC)CN(CC)Cc1ccnc(C#N)c1. The predicted molar refractivity (Wildman–Crippen MR) is 74.0 cm³/mol. The Hall–Kier alpha value is -1.40. The number of hydrogen-bond acceptors (Lipinski definition) is 3. The van der Waals surface area contributed by atoms with Crippen LogP contribution < -0.4 is 0 Å². The minimum atomic E-state index is 0.506. The van der Waals surface area contributed by atoms with E-state index in [0.717, 1.165) is 25.6 Å². The van der Waals surface area contributed by atoms with Gasteiger partial charge < -0.3 is 0 Å². The molecule has 3 heteroatoms. The second kappa shape index (κ2) is 7.84. The fourth-order valence-electron chi connectivity index (χ4n) is 2.11. The van der Waals surface area contributed by atoms with Crippen molar-refractivity contribution in [2.45, 2.75) is 40.2 Å². The summed E-state index contributed by atoms with van der Waals surface area (Å²) in [4.78, 5) is 6.44. The molecule has 1 heterocycles. The second-order valence-corrected chi connectivity index (χ2v) is 4.67. The molecule has 0 unspecified atom stereocenters. The fraction of sp³-hybridized carbons (Fsp3) is 0.600. The summed E-state index contributed by atoms with van der Waals surface area (Å²) in [6, 6.07) is 5.97. The van der Waals surface area contributed by atoms with Crippen molar-refractivity contribution in [2.24, 2.45) is 5.92 Å². The molecule has 18 heavy (non-hydrogen) atoms. The predicted octanol–water partition coefficient (Wildman–Crippen LogP) is 3.21. The van der Waals surface area contributed by atoms with E-state index in [4.69, 9.17) is 5.26 Å². The Kier molecular flexibility index (Phi) is 6.38. The molecule has 1 aromatic rings. The van der Waals surface area contributed by atoms with Crippen LogP contribution in [0.15, 0.2) is 18.3 Å². The summed E-state index contributed by atoms with van der Waals surface area (Å²) in [5.74, 6) is 0.766. The van der Waals surface area contributed by atoms with E-state index < -0.39 is 0 Å². The smallest absolute Gasteiger partial charge is 0.140 e. The van der Waals surface area contributed by atoms with E-state index in [-0.39, 0.29) is 0 Å². The van der Waals surface area contributed by atoms with Gasteiger partial charge in [0.2, 0.25) is 0 Å². The molecule has 0 saturated heterocycles. The third-order valence-corrected chi connectivity index (χ3v) is 3.46. The van der Waals surface area contributed by atoms with Crippen molar-refractivity contribution in [3.05, 3.63) is 29.6 Å². The van der Waals surface area contributed by atoms with Gasteiger partial charge in [0.05, 0.1) is 0 Å². The average Bonchev–Trinajstić information content (AvgIpc) is 2.43. The van der Waals surface area contributed by atoms with Crippen LogP contribution in [0.1, 0.15) is 44.9 Å². The fourth-order valence-corrected chi connectivity index (χ4v) is 2.11. The number of pyridine rings is 1. The van der Waals surface area contributed by atoms with E-state index >= 15 is 0 Å². The molecule has 0 fully saturated rings. The lowest BCUT2D eigenvalue weighted by atomic mass is 10.0. The molecule has 0 bridgehead atoms. The van der Waals surface area contributed by atoms with Gasteiger partial charge in [0.25, 0.3) is 0 Å². The largest absolute Gasteiger partial charge is 0.299 e. The van der Waals surface area contributed by atoms with Crippen LogP contribution >= 0.6 is 0 Å². The van der Waals surface area contributed by atoms with Gasteiger partial charge in [-0.15, -0.1) is 0 Å². The first kappa shape index (κ1) is 14.7.